The number of aromatic nitrogens is 2. The molecule has 2 N–H and O–H groups in total. The van der Waals surface area contributed by atoms with E-state index < -0.39 is 12.2 Å². The number of nitrogens with zero attached hydrogens (tertiary/aromatic N) is 3. The number of anilines is 1. The summed E-state index contributed by atoms with van der Waals surface area (Å²) in [5, 5.41) is 18.9. The lowest BCUT2D eigenvalue weighted by Gasteiger charge is -2.33. The van der Waals surface area contributed by atoms with Gasteiger partial charge in [-0.3, -0.25) is 0 Å². The molecule has 1 fully saturated rings. The van der Waals surface area contributed by atoms with Crippen molar-refractivity contribution in [2.75, 3.05) is 18.0 Å². The van der Waals surface area contributed by atoms with Gasteiger partial charge in [0.1, 0.15) is 12.1 Å². The molecule has 5 nitrogen and oxygen atoms in total. The molecule has 0 aliphatic carbocycles. The zero-order valence-electron chi connectivity index (χ0n) is 7.74. The van der Waals surface area contributed by atoms with E-state index in [-0.39, 0.29) is 0 Å². The number of rotatable bonds is 1. The minimum absolute atomic E-state index is 0.446. The molecule has 2 heterocycles. The lowest BCUT2D eigenvalue weighted by molar-refractivity contribution is 0.0648. The highest BCUT2D eigenvalue weighted by Gasteiger charge is 2.24. The first-order chi connectivity index (χ1) is 6.75. The Morgan fingerprint density at radius 1 is 1.29 bits per heavy atom. The molecule has 1 saturated heterocycles. The van der Waals surface area contributed by atoms with Crippen molar-refractivity contribution in [1.29, 1.82) is 0 Å². The summed E-state index contributed by atoms with van der Waals surface area (Å²) >= 11 is 0. The summed E-state index contributed by atoms with van der Waals surface area (Å²) in [5.74, 6) is 0.748. The summed E-state index contributed by atoms with van der Waals surface area (Å²) in [7, 11) is 0. The topological polar surface area (TPSA) is 69.5 Å². The van der Waals surface area contributed by atoms with Gasteiger partial charge >= 0.3 is 0 Å². The predicted octanol–water partition coefficient (Wildman–Crippen LogP) is -0.592. The fourth-order valence-corrected chi connectivity index (χ4v) is 1.70. The normalized spacial score (nSPS) is 27.7. The monoisotopic (exact) mass is 195 g/mol. The van der Waals surface area contributed by atoms with E-state index in [4.69, 9.17) is 0 Å². The standard InChI is InChI=1S/C9H13N3O2/c13-7-3-8(14)5-12(4-7)9-1-2-10-6-11-9/h1-2,6-8,13-14H,3-5H2. The van der Waals surface area contributed by atoms with E-state index in [0.717, 1.165) is 5.82 Å². The minimum atomic E-state index is -0.478. The van der Waals surface area contributed by atoms with E-state index in [9.17, 15) is 10.2 Å². The van der Waals surface area contributed by atoms with Crippen LogP contribution in [0.2, 0.25) is 0 Å². The molecule has 1 aliphatic heterocycles. The van der Waals surface area contributed by atoms with Gasteiger partial charge in [-0.1, -0.05) is 0 Å². The minimum Gasteiger partial charge on any atom is -0.391 e. The van der Waals surface area contributed by atoms with Crippen molar-refractivity contribution < 1.29 is 10.2 Å². The SMILES string of the molecule is OC1CC(O)CN(c2ccncn2)C1. The molecule has 1 aromatic heterocycles. The molecule has 2 atom stereocenters. The van der Waals surface area contributed by atoms with Crippen molar-refractivity contribution in [3.05, 3.63) is 18.6 Å². The Morgan fingerprint density at radius 3 is 2.57 bits per heavy atom. The third-order valence-corrected chi connectivity index (χ3v) is 2.30. The number of hydrogen-bond acceptors (Lipinski definition) is 5. The number of hydrogen-bond donors (Lipinski definition) is 2. The van der Waals surface area contributed by atoms with Crippen LogP contribution in [-0.2, 0) is 0 Å². The molecule has 5 heteroatoms. The van der Waals surface area contributed by atoms with Crippen LogP contribution in [0, 0.1) is 0 Å². The number of aliphatic hydroxyl groups is 2. The van der Waals surface area contributed by atoms with Gasteiger partial charge in [0.15, 0.2) is 0 Å². The highest BCUT2D eigenvalue weighted by Crippen LogP contribution is 2.16. The second kappa shape index (κ2) is 3.89. The van der Waals surface area contributed by atoms with Crippen LogP contribution >= 0.6 is 0 Å². The first-order valence-corrected chi connectivity index (χ1v) is 4.63. The van der Waals surface area contributed by atoms with Gasteiger partial charge in [-0.05, 0) is 6.07 Å². The summed E-state index contributed by atoms with van der Waals surface area (Å²) in [5.41, 5.74) is 0. The smallest absolute Gasteiger partial charge is 0.132 e. The zero-order chi connectivity index (χ0) is 9.97. The van der Waals surface area contributed by atoms with Crippen LogP contribution in [0.25, 0.3) is 0 Å². The fourth-order valence-electron chi connectivity index (χ4n) is 1.70. The average Bonchev–Trinajstić information content (AvgIpc) is 2.18. The van der Waals surface area contributed by atoms with Crippen molar-refractivity contribution >= 4 is 5.82 Å². The van der Waals surface area contributed by atoms with Crippen LogP contribution in [0.15, 0.2) is 18.6 Å². The van der Waals surface area contributed by atoms with Crippen molar-refractivity contribution in [2.24, 2.45) is 0 Å². The molecule has 0 aromatic carbocycles. The van der Waals surface area contributed by atoms with Crippen molar-refractivity contribution in [1.82, 2.24) is 9.97 Å². The summed E-state index contributed by atoms with van der Waals surface area (Å²) in [6.45, 7) is 1.04. The Hall–Kier alpha value is -1.20. The van der Waals surface area contributed by atoms with Gasteiger partial charge in [-0.15, -0.1) is 0 Å². The first-order valence-electron chi connectivity index (χ1n) is 4.63. The predicted molar refractivity (Wildman–Crippen MR) is 50.9 cm³/mol. The Bertz CT molecular complexity index is 283. The molecular formula is C9H13N3O2. The largest absolute Gasteiger partial charge is 0.391 e. The van der Waals surface area contributed by atoms with E-state index in [1.165, 1.54) is 6.33 Å². The van der Waals surface area contributed by atoms with Crippen LogP contribution in [-0.4, -0.2) is 45.5 Å². The van der Waals surface area contributed by atoms with Crippen LogP contribution in [0.3, 0.4) is 0 Å². The Kier molecular flexibility index (Phi) is 2.60. The first kappa shape index (κ1) is 9.36. The molecular weight excluding hydrogens is 182 g/mol. The molecule has 76 valence electrons. The van der Waals surface area contributed by atoms with Gasteiger partial charge in [0.2, 0.25) is 0 Å². The van der Waals surface area contributed by atoms with E-state index in [1.54, 1.807) is 12.3 Å². The fraction of sp³-hybridized carbons (Fsp3) is 0.556. The van der Waals surface area contributed by atoms with E-state index in [0.29, 0.717) is 19.5 Å². The summed E-state index contributed by atoms with van der Waals surface area (Å²) in [4.78, 5) is 9.74. The second-order valence-electron chi connectivity index (χ2n) is 3.52. The quantitative estimate of drug-likeness (QED) is 0.626. The maximum atomic E-state index is 9.47. The number of β-amino-alcohol motifs (C(OH)–C–C–N with tert-alkyl or cyclic N) is 2. The van der Waals surface area contributed by atoms with Crippen molar-refractivity contribution in [2.45, 2.75) is 18.6 Å². The molecule has 14 heavy (non-hydrogen) atoms. The highest BCUT2D eigenvalue weighted by atomic mass is 16.3. The molecule has 0 spiro atoms. The summed E-state index contributed by atoms with van der Waals surface area (Å²) < 4.78 is 0. The third kappa shape index (κ3) is 2.00. The van der Waals surface area contributed by atoms with E-state index in [1.807, 2.05) is 4.90 Å². The molecule has 2 unspecified atom stereocenters. The van der Waals surface area contributed by atoms with Crippen LogP contribution in [0.4, 0.5) is 5.82 Å². The van der Waals surface area contributed by atoms with Gasteiger partial charge < -0.3 is 15.1 Å². The van der Waals surface area contributed by atoms with Gasteiger partial charge in [-0.25, -0.2) is 9.97 Å². The second-order valence-corrected chi connectivity index (χ2v) is 3.52. The lowest BCUT2D eigenvalue weighted by atomic mass is 10.1. The third-order valence-electron chi connectivity index (χ3n) is 2.30. The highest BCUT2D eigenvalue weighted by molar-refractivity contribution is 5.37. The molecule has 0 amide bonds. The molecule has 0 bridgehead atoms. The summed E-state index contributed by atoms with van der Waals surface area (Å²) in [6, 6.07) is 1.77. The summed E-state index contributed by atoms with van der Waals surface area (Å²) in [6.07, 6.45) is 2.60. The van der Waals surface area contributed by atoms with Crippen molar-refractivity contribution in [3.8, 4) is 0 Å². The van der Waals surface area contributed by atoms with E-state index in [2.05, 4.69) is 9.97 Å². The van der Waals surface area contributed by atoms with Crippen molar-refractivity contribution in [3.63, 3.8) is 0 Å². The van der Waals surface area contributed by atoms with Gasteiger partial charge in [0, 0.05) is 25.7 Å². The molecule has 1 aromatic rings. The van der Waals surface area contributed by atoms with Gasteiger partial charge in [-0.2, -0.15) is 0 Å². The van der Waals surface area contributed by atoms with Crippen LogP contribution in [0.1, 0.15) is 6.42 Å². The van der Waals surface area contributed by atoms with Crippen LogP contribution < -0.4 is 4.90 Å². The molecule has 2 rings (SSSR count). The van der Waals surface area contributed by atoms with Gasteiger partial charge in [0.05, 0.1) is 12.2 Å². The lowest BCUT2D eigenvalue weighted by Crippen LogP contribution is -2.46. The average molecular weight is 195 g/mol. The zero-order valence-corrected chi connectivity index (χ0v) is 7.74. The van der Waals surface area contributed by atoms with Gasteiger partial charge in [0.25, 0.3) is 0 Å². The Labute approximate surface area is 82.0 Å². The molecule has 1 aliphatic rings. The van der Waals surface area contributed by atoms with E-state index >= 15 is 0 Å². The molecule has 0 saturated carbocycles. The Morgan fingerprint density at radius 2 is 2.00 bits per heavy atom. The molecule has 0 radical (unpaired) electrons. The maximum absolute atomic E-state index is 9.47. The Balaban J connectivity index is 2.11. The number of aliphatic hydroxyl groups excluding tert-OH is 2. The number of piperidine rings is 1. The maximum Gasteiger partial charge on any atom is 0.132 e. The van der Waals surface area contributed by atoms with Crippen LogP contribution in [0.5, 0.6) is 0 Å².